The summed E-state index contributed by atoms with van der Waals surface area (Å²) in [5.41, 5.74) is 0.340. The lowest BCUT2D eigenvalue weighted by Crippen LogP contribution is -2.59. The molecule has 0 aromatic rings. The zero-order chi connectivity index (χ0) is 18.1. The minimum atomic E-state index is 0.0820. The molecule has 5 aliphatic rings. The number of carbonyl (C=O) groups excluding carboxylic acids is 2. The van der Waals surface area contributed by atoms with E-state index in [0.717, 1.165) is 31.6 Å². The molecule has 142 valence electrons. The fourth-order valence-corrected chi connectivity index (χ4v) is 7.78. The molecule has 0 aromatic heterocycles. The zero-order valence-electron chi connectivity index (χ0n) is 16.3. The molecule has 1 N–H and O–H groups in total. The highest BCUT2D eigenvalue weighted by Crippen LogP contribution is 2.65. The number of hydrogen-bond acceptors (Lipinski definition) is 2. The predicted molar refractivity (Wildman–Crippen MR) is 101 cm³/mol. The molecule has 1 amide bonds. The number of rotatable bonds is 2. The molecule has 0 saturated heterocycles. The number of ketones is 1. The van der Waals surface area contributed by atoms with Crippen LogP contribution in [0.2, 0.25) is 0 Å². The number of hydrogen-bond donors (Lipinski definition) is 1. The molecular weight excluding hydrogens is 322 g/mol. The summed E-state index contributed by atoms with van der Waals surface area (Å²) >= 11 is 0. The van der Waals surface area contributed by atoms with Gasteiger partial charge in [0.25, 0.3) is 0 Å². The Hall–Kier alpha value is -1.12. The van der Waals surface area contributed by atoms with Gasteiger partial charge in [0.15, 0.2) is 0 Å². The van der Waals surface area contributed by atoms with E-state index in [-0.39, 0.29) is 16.7 Å². The molecular formula is C23H33NO2. The SMILES string of the molecule is C[C@]12C=CC(=O)NC1CC[C@@H]1[C@H]2CC[C@]2(C)C(C(=O)C3CCC3)CC[C@@H]12. The lowest BCUT2D eigenvalue weighted by Gasteiger charge is -2.59. The molecule has 4 saturated carbocycles. The highest BCUT2D eigenvalue weighted by Gasteiger charge is 2.61. The topological polar surface area (TPSA) is 46.2 Å². The first-order valence-corrected chi connectivity index (χ1v) is 11.0. The first kappa shape index (κ1) is 17.0. The van der Waals surface area contributed by atoms with Gasteiger partial charge in [0.2, 0.25) is 5.91 Å². The van der Waals surface area contributed by atoms with Gasteiger partial charge in [0.1, 0.15) is 5.78 Å². The summed E-state index contributed by atoms with van der Waals surface area (Å²) in [7, 11) is 0. The van der Waals surface area contributed by atoms with Crippen LogP contribution in [0.5, 0.6) is 0 Å². The first-order chi connectivity index (χ1) is 12.4. The van der Waals surface area contributed by atoms with Crippen molar-refractivity contribution in [3.63, 3.8) is 0 Å². The van der Waals surface area contributed by atoms with Gasteiger partial charge in [-0.05, 0) is 80.6 Å². The van der Waals surface area contributed by atoms with Crippen LogP contribution < -0.4 is 5.32 Å². The van der Waals surface area contributed by atoms with E-state index in [4.69, 9.17) is 0 Å². The molecule has 1 heterocycles. The third kappa shape index (κ3) is 2.18. The second-order valence-corrected chi connectivity index (χ2v) is 10.4. The molecule has 0 radical (unpaired) electrons. The van der Waals surface area contributed by atoms with Crippen LogP contribution in [0.25, 0.3) is 0 Å². The van der Waals surface area contributed by atoms with Gasteiger partial charge in [-0.2, -0.15) is 0 Å². The number of amides is 1. The molecule has 4 aliphatic carbocycles. The molecule has 3 heteroatoms. The van der Waals surface area contributed by atoms with Crippen molar-refractivity contribution < 1.29 is 9.59 Å². The van der Waals surface area contributed by atoms with E-state index >= 15 is 0 Å². The molecule has 4 fully saturated rings. The van der Waals surface area contributed by atoms with Crippen LogP contribution in [0.15, 0.2) is 12.2 Å². The quantitative estimate of drug-likeness (QED) is 0.804. The van der Waals surface area contributed by atoms with E-state index in [1.165, 1.54) is 32.1 Å². The largest absolute Gasteiger partial charge is 0.349 e. The van der Waals surface area contributed by atoms with Crippen molar-refractivity contribution in [3.05, 3.63) is 12.2 Å². The fourth-order valence-electron chi connectivity index (χ4n) is 7.78. The van der Waals surface area contributed by atoms with Gasteiger partial charge in [-0.15, -0.1) is 0 Å². The summed E-state index contributed by atoms with van der Waals surface area (Å²) in [6.45, 7) is 4.83. The van der Waals surface area contributed by atoms with Crippen molar-refractivity contribution in [2.45, 2.75) is 77.7 Å². The Morgan fingerprint density at radius 3 is 2.58 bits per heavy atom. The van der Waals surface area contributed by atoms with Crippen LogP contribution in [-0.2, 0) is 9.59 Å². The van der Waals surface area contributed by atoms with Crippen LogP contribution in [0, 0.1) is 40.4 Å². The monoisotopic (exact) mass is 355 g/mol. The Bertz CT molecular complexity index is 665. The minimum Gasteiger partial charge on any atom is -0.349 e. The van der Waals surface area contributed by atoms with Gasteiger partial charge >= 0.3 is 0 Å². The Labute approximate surface area is 157 Å². The minimum absolute atomic E-state index is 0.0820. The van der Waals surface area contributed by atoms with Crippen LogP contribution in [0.4, 0.5) is 0 Å². The smallest absolute Gasteiger partial charge is 0.243 e. The summed E-state index contributed by atoms with van der Waals surface area (Å²) in [6, 6.07) is 0.305. The average Bonchev–Trinajstić information content (AvgIpc) is 2.91. The number of fused-ring (bicyclic) bond motifs is 5. The normalized spacial score (nSPS) is 50.2. The van der Waals surface area contributed by atoms with E-state index in [2.05, 4.69) is 25.2 Å². The van der Waals surface area contributed by atoms with Crippen LogP contribution in [0.3, 0.4) is 0 Å². The molecule has 0 spiro atoms. The second-order valence-electron chi connectivity index (χ2n) is 10.4. The van der Waals surface area contributed by atoms with Crippen molar-refractivity contribution in [3.8, 4) is 0 Å². The average molecular weight is 356 g/mol. The molecule has 0 bridgehead atoms. The lowest BCUT2D eigenvalue weighted by atomic mass is 9.47. The fraction of sp³-hybridized carbons (Fsp3) is 0.826. The number of Topliss-reactive ketones (excluding diaryl/α,β-unsaturated/α-hetero) is 1. The van der Waals surface area contributed by atoms with Gasteiger partial charge in [-0.1, -0.05) is 26.3 Å². The maximum atomic E-state index is 13.1. The maximum Gasteiger partial charge on any atom is 0.243 e. The molecule has 0 aromatic carbocycles. The molecule has 26 heavy (non-hydrogen) atoms. The van der Waals surface area contributed by atoms with E-state index in [1.54, 1.807) is 6.08 Å². The highest BCUT2D eigenvalue weighted by molar-refractivity contribution is 5.89. The first-order valence-electron chi connectivity index (χ1n) is 11.0. The zero-order valence-corrected chi connectivity index (χ0v) is 16.3. The van der Waals surface area contributed by atoms with Crippen molar-refractivity contribution in [2.24, 2.45) is 40.4 Å². The Morgan fingerprint density at radius 1 is 1.04 bits per heavy atom. The van der Waals surface area contributed by atoms with Crippen molar-refractivity contribution >= 4 is 11.7 Å². The van der Waals surface area contributed by atoms with Crippen LogP contribution in [0.1, 0.15) is 71.6 Å². The Morgan fingerprint density at radius 2 is 1.85 bits per heavy atom. The summed E-state index contributed by atoms with van der Waals surface area (Å²) < 4.78 is 0. The van der Waals surface area contributed by atoms with E-state index in [9.17, 15) is 9.59 Å². The van der Waals surface area contributed by atoms with E-state index < -0.39 is 0 Å². The lowest BCUT2D eigenvalue weighted by molar-refractivity contribution is -0.137. The third-order valence-corrected chi connectivity index (χ3v) is 9.54. The van der Waals surface area contributed by atoms with E-state index in [0.29, 0.717) is 35.5 Å². The third-order valence-electron chi connectivity index (χ3n) is 9.54. The molecule has 1 aliphatic heterocycles. The molecule has 5 rings (SSSR count). The van der Waals surface area contributed by atoms with Gasteiger partial charge in [0, 0.05) is 23.3 Å². The Kier molecular flexibility index (Phi) is 3.72. The van der Waals surface area contributed by atoms with E-state index in [1.807, 2.05) is 0 Å². The van der Waals surface area contributed by atoms with Crippen LogP contribution in [-0.4, -0.2) is 17.7 Å². The maximum absolute atomic E-state index is 13.1. The summed E-state index contributed by atoms with van der Waals surface area (Å²) in [6.07, 6.45) is 14.7. The van der Waals surface area contributed by atoms with Gasteiger partial charge in [0.05, 0.1) is 0 Å². The summed E-state index contributed by atoms with van der Waals surface area (Å²) in [5.74, 6) is 3.51. The molecule has 2 unspecified atom stereocenters. The van der Waals surface area contributed by atoms with Gasteiger partial charge < -0.3 is 5.32 Å². The molecule has 7 atom stereocenters. The van der Waals surface area contributed by atoms with Crippen molar-refractivity contribution in [1.29, 1.82) is 0 Å². The van der Waals surface area contributed by atoms with Gasteiger partial charge in [-0.3, -0.25) is 9.59 Å². The summed E-state index contributed by atoms with van der Waals surface area (Å²) in [5, 5.41) is 3.24. The highest BCUT2D eigenvalue weighted by atomic mass is 16.1. The number of nitrogens with one attached hydrogen (secondary N) is 1. The van der Waals surface area contributed by atoms with Crippen molar-refractivity contribution in [2.75, 3.05) is 0 Å². The second kappa shape index (κ2) is 5.69. The predicted octanol–water partition coefficient (Wildman–Crippen LogP) is 4.27. The van der Waals surface area contributed by atoms with Gasteiger partial charge in [-0.25, -0.2) is 0 Å². The Balaban J connectivity index is 1.42. The molecule has 3 nitrogen and oxygen atoms in total. The standard InChI is InChI=1S/C23H33NO2/c1-22-12-10-17-15(6-9-19-23(17,2)13-11-20(25)24-19)16(22)7-8-18(22)21(26)14-4-3-5-14/h11,13-19H,3-10,12H2,1-2H3,(H,24,25)/t15-,16-,17+,18?,19?,22-,23+/m0/s1. The number of carbonyl (C=O) groups is 2. The summed E-state index contributed by atoms with van der Waals surface area (Å²) in [4.78, 5) is 25.0. The van der Waals surface area contributed by atoms with Crippen LogP contribution >= 0.6 is 0 Å². The van der Waals surface area contributed by atoms with Crippen molar-refractivity contribution in [1.82, 2.24) is 5.32 Å².